The molecule has 0 spiro atoms. The van der Waals surface area contributed by atoms with Crippen LogP contribution in [0.25, 0.3) is 5.70 Å². The van der Waals surface area contributed by atoms with Crippen molar-refractivity contribution in [3.05, 3.63) is 68.5 Å². The van der Waals surface area contributed by atoms with Crippen molar-refractivity contribution in [2.75, 3.05) is 20.2 Å². The summed E-state index contributed by atoms with van der Waals surface area (Å²) >= 11 is 5.27. The fourth-order valence-corrected chi connectivity index (χ4v) is 5.68. The van der Waals surface area contributed by atoms with Gasteiger partial charge in [0, 0.05) is 23.1 Å². The zero-order valence-corrected chi connectivity index (χ0v) is 21.1. The van der Waals surface area contributed by atoms with Crippen LogP contribution >= 0.6 is 27.7 Å². The van der Waals surface area contributed by atoms with Gasteiger partial charge in [0.2, 0.25) is 0 Å². The lowest BCUT2D eigenvalue weighted by Crippen LogP contribution is -2.47. The fourth-order valence-electron chi connectivity index (χ4n) is 4.19. The topological polar surface area (TPSA) is 50.8 Å². The third kappa shape index (κ3) is 5.33. The predicted octanol–water partition coefficient (Wildman–Crippen LogP) is 5.45. The molecule has 0 amide bonds. The highest BCUT2D eigenvalue weighted by Gasteiger charge is 2.33. The summed E-state index contributed by atoms with van der Waals surface area (Å²) in [7, 11) is 1.47. The van der Waals surface area contributed by atoms with E-state index >= 15 is 0 Å². The number of methoxy groups -OCH3 is 1. The monoisotopic (exact) mass is 516 g/mol. The molecule has 0 saturated carbocycles. The second-order valence-corrected chi connectivity index (χ2v) is 10.3. The largest absolute Gasteiger partial charge is 0.488 e. The molecule has 0 aliphatic carbocycles. The fraction of sp³-hybridized carbons (Fsp3) is 0.400. The van der Waals surface area contributed by atoms with Gasteiger partial charge in [-0.15, -0.1) is 0 Å². The number of thioether (sulfide) groups is 1. The Morgan fingerprint density at radius 2 is 2.09 bits per heavy atom. The minimum atomic E-state index is -0.108. The van der Waals surface area contributed by atoms with Gasteiger partial charge in [0.15, 0.2) is 0 Å². The average molecular weight is 517 g/mol. The first-order valence-electron chi connectivity index (χ1n) is 10.9. The van der Waals surface area contributed by atoms with E-state index in [-0.39, 0.29) is 17.4 Å². The van der Waals surface area contributed by atoms with Crippen LogP contribution in [-0.4, -0.2) is 36.6 Å². The second kappa shape index (κ2) is 10.3. The Bertz CT molecular complexity index is 1030. The average Bonchev–Trinajstić information content (AvgIpc) is 3.29. The van der Waals surface area contributed by atoms with Crippen LogP contribution in [0, 0.1) is 19.8 Å². The van der Waals surface area contributed by atoms with E-state index in [0.29, 0.717) is 6.61 Å². The van der Waals surface area contributed by atoms with Gasteiger partial charge < -0.3 is 14.8 Å². The summed E-state index contributed by atoms with van der Waals surface area (Å²) in [5.41, 5.74) is 5.80. The van der Waals surface area contributed by atoms with E-state index in [1.54, 1.807) is 11.8 Å². The summed E-state index contributed by atoms with van der Waals surface area (Å²) < 4.78 is 12.3. The number of carbonyl (C=O) groups excluding carboxylic acids is 1. The lowest BCUT2D eigenvalue weighted by Gasteiger charge is -2.35. The van der Waals surface area contributed by atoms with Crippen LogP contribution in [0.2, 0.25) is 0 Å². The SMILES string of the molecule is COC(=O)C1CCCN(C2NC(c3cc(C)ccc3OCc3ccc(Br)cc3C)=CS2)C1. The highest BCUT2D eigenvalue weighted by atomic mass is 79.9. The Kier molecular flexibility index (Phi) is 7.48. The predicted molar refractivity (Wildman–Crippen MR) is 133 cm³/mol. The van der Waals surface area contributed by atoms with Gasteiger partial charge in [-0.1, -0.05) is 45.4 Å². The van der Waals surface area contributed by atoms with Crippen LogP contribution in [0.4, 0.5) is 0 Å². The number of halogens is 1. The molecule has 7 heteroatoms. The number of piperidine rings is 1. The summed E-state index contributed by atoms with van der Waals surface area (Å²) in [4.78, 5) is 14.4. The third-order valence-electron chi connectivity index (χ3n) is 6.03. The number of likely N-dealkylation sites (tertiary alicyclic amines) is 1. The molecule has 2 heterocycles. The Balaban J connectivity index is 1.46. The maximum atomic E-state index is 12.0. The molecule has 0 radical (unpaired) electrons. The van der Waals surface area contributed by atoms with E-state index in [2.05, 4.69) is 69.7 Å². The van der Waals surface area contributed by atoms with Crippen LogP contribution in [0.5, 0.6) is 5.75 Å². The van der Waals surface area contributed by atoms with Crippen LogP contribution in [0.3, 0.4) is 0 Å². The first kappa shape index (κ1) is 23.2. The highest BCUT2D eigenvalue weighted by molar-refractivity contribution is 9.10. The highest BCUT2D eigenvalue weighted by Crippen LogP contribution is 2.36. The van der Waals surface area contributed by atoms with E-state index in [1.165, 1.54) is 23.8 Å². The number of esters is 1. The van der Waals surface area contributed by atoms with Crippen molar-refractivity contribution >= 4 is 39.4 Å². The first-order valence-corrected chi connectivity index (χ1v) is 12.6. The van der Waals surface area contributed by atoms with Gasteiger partial charge in [-0.2, -0.15) is 0 Å². The number of hydrogen-bond donors (Lipinski definition) is 1. The molecule has 1 N–H and O–H groups in total. The maximum Gasteiger partial charge on any atom is 0.309 e. The number of carbonyl (C=O) groups is 1. The van der Waals surface area contributed by atoms with Crippen LogP contribution in [0.1, 0.15) is 35.1 Å². The van der Waals surface area contributed by atoms with Crippen molar-refractivity contribution in [2.45, 2.75) is 38.8 Å². The van der Waals surface area contributed by atoms with E-state index in [0.717, 1.165) is 47.4 Å². The molecule has 0 aromatic heterocycles. The lowest BCUT2D eigenvalue weighted by atomic mass is 9.98. The number of aryl methyl sites for hydroxylation is 2. The standard InChI is InChI=1S/C25H29BrN2O3S/c1-16-6-9-23(31-14-19-7-8-20(26)12-17(19)2)21(11-16)22-15-32-25(27-22)28-10-4-5-18(13-28)24(29)30-3/h6-9,11-12,15,18,25,27H,4-5,10,13-14H2,1-3H3. The van der Waals surface area contributed by atoms with Crippen LogP contribution in [0.15, 0.2) is 46.3 Å². The maximum absolute atomic E-state index is 12.0. The van der Waals surface area contributed by atoms with Crippen LogP contribution in [-0.2, 0) is 16.1 Å². The Hall–Kier alpha value is -1.96. The van der Waals surface area contributed by atoms with Gasteiger partial charge in [0.25, 0.3) is 0 Å². The lowest BCUT2D eigenvalue weighted by molar-refractivity contribution is -0.147. The minimum Gasteiger partial charge on any atom is -0.488 e. The van der Waals surface area contributed by atoms with Gasteiger partial charge >= 0.3 is 5.97 Å². The second-order valence-electron chi connectivity index (χ2n) is 8.38. The summed E-state index contributed by atoms with van der Waals surface area (Å²) in [5.74, 6) is 0.708. The number of hydrogen-bond acceptors (Lipinski definition) is 6. The van der Waals surface area contributed by atoms with Gasteiger partial charge in [0.1, 0.15) is 17.9 Å². The van der Waals surface area contributed by atoms with Gasteiger partial charge in [-0.05, 0) is 67.5 Å². The Morgan fingerprint density at radius 1 is 1.25 bits per heavy atom. The number of ether oxygens (including phenoxy) is 2. The molecule has 2 atom stereocenters. The van der Waals surface area contributed by atoms with Crippen LogP contribution < -0.4 is 10.1 Å². The molecule has 2 aliphatic rings. The van der Waals surface area contributed by atoms with Crippen molar-refractivity contribution < 1.29 is 14.3 Å². The molecule has 2 aromatic carbocycles. The van der Waals surface area contributed by atoms with Crippen molar-refractivity contribution in [3.63, 3.8) is 0 Å². The number of benzene rings is 2. The molecule has 2 unspecified atom stereocenters. The molecule has 5 nitrogen and oxygen atoms in total. The zero-order valence-electron chi connectivity index (χ0n) is 18.7. The third-order valence-corrected chi connectivity index (χ3v) is 7.56. The summed E-state index contributed by atoms with van der Waals surface area (Å²) in [6.45, 7) is 6.41. The number of nitrogens with one attached hydrogen (secondary N) is 1. The van der Waals surface area contributed by atoms with Crippen molar-refractivity contribution in [1.82, 2.24) is 10.2 Å². The zero-order chi connectivity index (χ0) is 22.7. The normalized spacial score (nSPS) is 21.1. The van der Waals surface area contributed by atoms with E-state index < -0.39 is 0 Å². The molecule has 4 rings (SSSR count). The first-order chi connectivity index (χ1) is 15.4. The van der Waals surface area contributed by atoms with E-state index in [9.17, 15) is 4.79 Å². The van der Waals surface area contributed by atoms with Gasteiger partial charge in [0.05, 0.1) is 18.7 Å². The van der Waals surface area contributed by atoms with Gasteiger partial charge in [-0.25, -0.2) is 0 Å². The summed E-state index contributed by atoms with van der Waals surface area (Å²) in [6.07, 6.45) is 1.89. The van der Waals surface area contributed by atoms with E-state index in [4.69, 9.17) is 9.47 Å². The molecular weight excluding hydrogens is 488 g/mol. The summed E-state index contributed by atoms with van der Waals surface area (Å²) in [5, 5.41) is 5.82. The molecule has 170 valence electrons. The molecule has 2 aliphatic heterocycles. The number of nitrogens with zero attached hydrogens (tertiary/aromatic N) is 1. The summed E-state index contributed by atoms with van der Waals surface area (Å²) in [6, 6.07) is 12.5. The van der Waals surface area contributed by atoms with Gasteiger partial charge in [-0.3, -0.25) is 9.69 Å². The molecule has 32 heavy (non-hydrogen) atoms. The molecular formula is C25H29BrN2O3S. The molecule has 0 bridgehead atoms. The van der Waals surface area contributed by atoms with Crippen molar-refractivity contribution in [3.8, 4) is 5.75 Å². The molecule has 2 aromatic rings. The Labute approximate surface area is 202 Å². The smallest absolute Gasteiger partial charge is 0.309 e. The minimum absolute atomic E-state index is 0.0489. The quantitative estimate of drug-likeness (QED) is 0.515. The molecule has 1 fully saturated rings. The Morgan fingerprint density at radius 3 is 2.88 bits per heavy atom. The van der Waals surface area contributed by atoms with Crippen molar-refractivity contribution in [2.24, 2.45) is 5.92 Å². The van der Waals surface area contributed by atoms with E-state index in [1.807, 2.05) is 12.1 Å². The molecule has 1 saturated heterocycles. The number of rotatable bonds is 6. The van der Waals surface area contributed by atoms with Crippen molar-refractivity contribution in [1.29, 1.82) is 0 Å².